The zero-order valence-corrected chi connectivity index (χ0v) is 12.7. The minimum atomic E-state index is -0.0426. The summed E-state index contributed by atoms with van der Waals surface area (Å²) in [5.74, 6) is 0.108. The van der Waals surface area contributed by atoms with Gasteiger partial charge in [-0.2, -0.15) is 0 Å². The van der Waals surface area contributed by atoms with Crippen LogP contribution in [0.1, 0.15) is 45.1 Å². The number of amides is 1. The van der Waals surface area contributed by atoms with Crippen molar-refractivity contribution in [1.82, 2.24) is 4.90 Å². The summed E-state index contributed by atoms with van der Waals surface area (Å²) in [6.07, 6.45) is 6.04. The van der Waals surface area contributed by atoms with Gasteiger partial charge in [0.25, 0.3) is 0 Å². The normalized spacial score (nSPS) is 18.3. The Morgan fingerprint density at radius 3 is 2.30 bits per heavy atom. The van der Waals surface area contributed by atoms with Crippen LogP contribution in [0.15, 0.2) is 24.3 Å². The molecule has 1 aliphatic heterocycles. The van der Waals surface area contributed by atoms with Gasteiger partial charge in [0, 0.05) is 5.69 Å². The highest BCUT2D eigenvalue weighted by Crippen LogP contribution is 2.15. The van der Waals surface area contributed by atoms with Gasteiger partial charge in [-0.15, -0.1) is 0 Å². The SMILES string of the molecule is CCc1ccc(NC(=O)[C@@H](C)N2CCCCCC2)cc1. The number of aryl methyl sites for hydroxylation is 1. The van der Waals surface area contributed by atoms with E-state index in [4.69, 9.17) is 0 Å². The highest BCUT2D eigenvalue weighted by molar-refractivity contribution is 5.94. The molecule has 1 atom stereocenters. The van der Waals surface area contributed by atoms with E-state index in [0.29, 0.717) is 0 Å². The first-order chi connectivity index (χ1) is 9.70. The lowest BCUT2D eigenvalue weighted by atomic mass is 10.1. The van der Waals surface area contributed by atoms with E-state index in [1.54, 1.807) is 0 Å². The predicted molar refractivity (Wildman–Crippen MR) is 84.0 cm³/mol. The van der Waals surface area contributed by atoms with Gasteiger partial charge in [0.2, 0.25) is 5.91 Å². The van der Waals surface area contributed by atoms with Gasteiger partial charge in [-0.1, -0.05) is 31.9 Å². The summed E-state index contributed by atoms with van der Waals surface area (Å²) >= 11 is 0. The fourth-order valence-electron chi connectivity index (χ4n) is 2.72. The Morgan fingerprint density at radius 2 is 1.75 bits per heavy atom. The van der Waals surface area contributed by atoms with Gasteiger partial charge in [0.1, 0.15) is 0 Å². The molecule has 2 rings (SSSR count). The summed E-state index contributed by atoms with van der Waals surface area (Å²) in [6, 6.07) is 8.09. The molecule has 1 heterocycles. The molecule has 1 N–H and O–H groups in total. The zero-order valence-electron chi connectivity index (χ0n) is 12.7. The first kappa shape index (κ1) is 15.0. The number of rotatable bonds is 4. The fourth-order valence-corrected chi connectivity index (χ4v) is 2.72. The number of hydrogen-bond donors (Lipinski definition) is 1. The topological polar surface area (TPSA) is 32.3 Å². The lowest BCUT2D eigenvalue weighted by Gasteiger charge is -2.26. The molecule has 0 aliphatic carbocycles. The summed E-state index contributed by atoms with van der Waals surface area (Å²) in [4.78, 5) is 14.6. The maximum absolute atomic E-state index is 12.3. The Morgan fingerprint density at radius 1 is 1.15 bits per heavy atom. The highest BCUT2D eigenvalue weighted by atomic mass is 16.2. The number of hydrogen-bond acceptors (Lipinski definition) is 2. The molecule has 1 fully saturated rings. The monoisotopic (exact) mass is 274 g/mol. The molecule has 110 valence electrons. The highest BCUT2D eigenvalue weighted by Gasteiger charge is 2.21. The van der Waals surface area contributed by atoms with Crippen LogP contribution in [-0.4, -0.2) is 29.9 Å². The second-order valence-electron chi connectivity index (χ2n) is 5.67. The second kappa shape index (κ2) is 7.44. The Hall–Kier alpha value is -1.35. The molecule has 1 amide bonds. The lowest BCUT2D eigenvalue weighted by molar-refractivity contribution is -0.120. The van der Waals surface area contributed by atoms with E-state index in [1.165, 1.54) is 31.2 Å². The average Bonchev–Trinajstić information content (AvgIpc) is 2.76. The number of likely N-dealkylation sites (tertiary alicyclic amines) is 1. The van der Waals surface area contributed by atoms with E-state index >= 15 is 0 Å². The van der Waals surface area contributed by atoms with E-state index < -0.39 is 0 Å². The van der Waals surface area contributed by atoms with E-state index in [1.807, 2.05) is 19.1 Å². The first-order valence-electron chi connectivity index (χ1n) is 7.84. The van der Waals surface area contributed by atoms with Crippen molar-refractivity contribution in [2.24, 2.45) is 0 Å². The lowest BCUT2D eigenvalue weighted by Crippen LogP contribution is -2.42. The summed E-state index contributed by atoms with van der Waals surface area (Å²) in [5.41, 5.74) is 2.19. The number of carbonyl (C=O) groups is 1. The van der Waals surface area contributed by atoms with E-state index in [9.17, 15) is 4.79 Å². The average molecular weight is 274 g/mol. The van der Waals surface area contributed by atoms with Crippen molar-refractivity contribution in [3.05, 3.63) is 29.8 Å². The Balaban J connectivity index is 1.92. The molecular formula is C17H26N2O. The molecule has 0 bridgehead atoms. The fraction of sp³-hybridized carbons (Fsp3) is 0.588. The summed E-state index contributed by atoms with van der Waals surface area (Å²) in [6.45, 7) is 6.24. The molecule has 0 saturated carbocycles. The number of nitrogens with zero attached hydrogens (tertiary/aromatic N) is 1. The van der Waals surface area contributed by atoms with Crippen LogP contribution in [0.25, 0.3) is 0 Å². The summed E-state index contributed by atoms with van der Waals surface area (Å²) in [5, 5.41) is 3.03. The van der Waals surface area contributed by atoms with Gasteiger partial charge in [-0.3, -0.25) is 9.69 Å². The number of nitrogens with one attached hydrogen (secondary N) is 1. The Kier molecular flexibility index (Phi) is 5.60. The third-order valence-electron chi connectivity index (χ3n) is 4.20. The van der Waals surface area contributed by atoms with Crippen LogP contribution in [0.4, 0.5) is 5.69 Å². The predicted octanol–water partition coefficient (Wildman–Crippen LogP) is 3.45. The van der Waals surface area contributed by atoms with Crippen LogP contribution in [0, 0.1) is 0 Å². The zero-order chi connectivity index (χ0) is 14.4. The molecule has 1 aromatic rings. The summed E-state index contributed by atoms with van der Waals surface area (Å²) in [7, 11) is 0. The van der Waals surface area contributed by atoms with E-state index in [2.05, 4.69) is 29.3 Å². The van der Waals surface area contributed by atoms with Crippen molar-refractivity contribution >= 4 is 11.6 Å². The standard InChI is InChI=1S/C17H26N2O/c1-3-15-8-10-16(11-9-15)18-17(20)14(2)19-12-6-4-5-7-13-19/h8-11,14H,3-7,12-13H2,1-2H3,(H,18,20)/t14-/m1/s1. The minimum absolute atomic E-state index is 0.0426. The minimum Gasteiger partial charge on any atom is -0.325 e. The van der Waals surface area contributed by atoms with Crippen molar-refractivity contribution in [2.75, 3.05) is 18.4 Å². The van der Waals surface area contributed by atoms with Crippen molar-refractivity contribution in [2.45, 2.75) is 52.0 Å². The van der Waals surface area contributed by atoms with Crippen molar-refractivity contribution in [3.63, 3.8) is 0 Å². The van der Waals surface area contributed by atoms with Crippen molar-refractivity contribution < 1.29 is 4.79 Å². The quantitative estimate of drug-likeness (QED) is 0.912. The van der Waals surface area contributed by atoms with Crippen LogP contribution < -0.4 is 5.32 Å². The molecule has 3 heteroatoms. The molecule has 3 nitrogen and oxygen atoms in total. The van der Waals surface area contributed by atoms with Gasteiger partial charge in [0.05, 0.1) is 6.04 Å². The molecule has 1 aromatic carbocycles. The van der Waals surface area contributed by atoms with Crippen LogP contribution in [0.3, 0.4) is 0 Å². The first-order valence-corrected chi connectivity index (χ1v) is 7.84. The third-order valence-corrected chi connectivity index (χ3v) is 4.20. The van der Waals surface area contributed by atoms with Gasteiger partial charge in [0.15, 0.2) is 0 Å². The Bertz CT molecular complexity index is 419. The molecule has 0 radical (unpaired) electrons. The summed E-state index contributed by atoms with van der Waals surface area (Å²) < 4.78 is 0. The van der Waals surface area contributed by atoms with E-state index in [-0.39, 0.29) is 11.9 Å². The van der Waals surface area contributed by atoms with Crippen LogP contribution in [-0.2, 0) is 11.2 Å². The molecule has 20 heavy (non-hydrogen) atoms. The van der Waals surface area contributed by atoms with Gasteiger partial charge in [-0.05, 0) is 57.0 Å². The smallest absolute Gasteiger partial charge is 0.241 e. The molecule has 1 saturated heterocycles. The maximum Gasteiger partial charge on any atom is 0.241 e. The van der Waals surface area contributed by atoms with Crippen LogP contribution in [0.2, 0.25) is 0 Å². The largest absolute Gasteiger partial charge is 0.325 e. The third kappa shape index (κ3) is 4.07. The maximum atomic E-state index is 12.3. The van der Waals surface area contributed by atoms with Gasteiger partial charge in [-0.25, -0.2) is 0 Å². The molecule has 1 aliphatic rings. The Labute approximate surface area is 122 Å². The van der Waals surface area contributed by atoms with Crippen molar-refractivity contribution in [1.29, 1.82) is 0 Å². The van der Waals surface area contributed by atoms with Crippen LogP contribution >= 0.6 is 0 Å². The second-order valence-corrected chi connectivity index (χ2v) is 5.67. The molecule has 0 spiro atoms. The van der Waals surface area contributed by atoms with Gasteiger partial charge >= 0.3 is 0 Å². The number of benzene rings is 1. The number of anilines is 1. The molecule has 0 unspecified atom stereocenters. The van der Waals surface area contributed by atoms with E-state index in [0.717, 1.165) is 25.2 Å². The number of carbonyl (C=O) groups excluding carboxylic acids is 1. The van der Waals surface area contributed by atoms with Gasteiger partial charge < -0.3 is 5.32 Å². The molecular weight excluding hydrogens is 248 g/mol. The van der Waals surface area contributed by atoms with Crippen molar-refractivity contribution in [3.8, 4) is 0 Å². The molecule has 0 aromatic heterocycles. The van der Waals surface area contributed by atoms with Crippen LogP contribution in [0.5, 0.6) is 0 Å².